The van der Waals surface area contributed by atoms with Crippen molar-refractivity contribution in [2.24, 2.45) is 7.05 Å². The van der Waals surface area contributed by atoms with Crippen molar-refractivity contribution in [2.45, 2.75) is 20.8 Å². The molecule has 1 aromatic heterocycles. The molecule has 1 aliphatic heterocycles. The molecule has 3 nitrogen and oxygen atoms in total. The Labute approximate surface area is 158 Å². The first-order valence-electron chi connectivity index (χ1n) is 8.74. The SMILES string of the molecule is CC(=Cc1sc2ccc(C)cc2[n+]1C)C=C1Oc2ccc(C)cc2N1C. The molecule has 1 aliphatic rings. The molecule has 3 aromatic rings. The van der Waals surface area contributed by atoms with E-state index in [-0.39, 0.29) is 0 Å². The average Bonchev–Trinajstić information content (AvgIpc) is 3.06. The Kier molecular flexibility index (Phi) is 4.08. The smallest absolute Gasteiger partial charge is 0.262 e. The molecule has 0 saturated carbocycles. The fraction of sp³-hybridized carbons (Fsp3) is 0.227. The summed E-state index contributed by atoms with van der Waals surface area (Å²) in [6.07, 6.45) is 4.32. The van der Waals surface area contributed by atoms with Crippen LogP contribution in [0, 0.1) is 13.8 Å². The summed E-state index contributed by atoms with van der Waals surface area (Å²) in [5.41, 5.74) is 6.08. The van der Waals surface area contributed by atoms with Crippen molar-refractivity contribution in [1.82, 2.24) is 0 Å². The molecule has 0 N–H and O–H groups in total. The molecular formula is C22H23N2OS+. The van der Waals surface area contributed by atoms with Gasteiger partial charge in [0.1, 0.15) is 11.7 Å². The van der Waals surface area contributed by atoms with Crippen LogP contribution in [0.1, 0.15) is 23.1 Å². The van der Waals surface area contributed by atoms with Gasteiger partial charge >= 0.3 is 0 Å². The first kappa shape index (κ1) is 16.9. The number of anilines is 1. The Morgan fingerprint density at radius 3 is 2.65 bits per heavy atom. The summed E-state index contributed by atoms with van der Waals surface area (Å²) >= 11 is 1.81. The lowest BCUT2D eigenvalue weighted by atomic mass is 10.2. The number of aryl methyl sites for hydroxylation is 3. The van der Waals surface area contributed by atoms with Crippen molar-refractivity contribution in [1.29, 1.82) is 0 Å². The Balaban J connectivity index is 1.67. The first-order chi connectivity index (χ1) is 12.4. The van der Waals surface area contributed by atoms with Crippen molar-refractivity contribution < 1.29 is 9.30 Å². The molecule has 132 valence electrons. The maximum absolute atomic E-state index is 6.03. The van der Waals surface area contributed by atoms with Crippen molar-refractivity contribution in [3.8, 4) is 5.75 Å². The van der Waals surface area contributed by atoms with Crippen LogP contribution in [0.5, 0.6) is 5.75 Å². The molecule has 0 bridgehead atoms. The van der Waals surface area contributed by atoms with Gasteiger partial charge in [0, 0.05) is 25.3 Å². The van der Waals surface area contributed by atoms with Crippen molar-refractivity contribution in [2.75, 3.05) is 11.9 Å². The molecule has 2 heterocycles. The monoisotopic (exact) mass is 363 g/mol. The van der Waals surface area contributed by atoms with Gasteiger partial charge in [-0.15, -0.1) is 0 Å². The molecule has 0 radical (unpaired) electrons. The molecule has 2 aromatic carbocycles. The lowest BCUT2D eigenvalue weighted by molar-refractivity contribution is -0.642. The fourth-order valence-electron chi connectivity index (χ4n) is 3.24. The normalized spacial score (nSPS) is 15.7. The number of allylic oxidation sites excluding steroid dienone is 2. The summed E-state index contributed by atoms with van der Waals surface area (Å²) in [5, 5.41) is 1.23. The molecule has 0 atom stereocenters. The number of aromatic nitrogens is 1. The van der Waals surface area contributed by atoms with Gasteiger partial charge in [-0.25, -0.2) is 0 Å². The van der Waals surface area contributed by atoms with Crippen molar-refractivity contribution in [3.63, 3.8) is 0 Å². The van der Waals surface area contributed by atoms with E-state index < -0.39 is 0 Å². The molecule has 26 heavy (non-hydrogen) atoms. The zero-order chi connectivity index (χ0) is 18.4. The topological polar surface area (TPSA) is 16.4 Å². The van der Waals surface area contributed by atoms with E-state index in [1.165, 1.54) is 26.4 Å². The van der Waals surface area contributed by atoms with Crippen LogP contribution in [0.4, 0.5) is 5.69 Å². The second-order valence-electron chi connectivity index (χ2n) is 6.97. The standard InChI is InChI=1S/C22H23N2OS/c1-14-6-8-19-17(10-14)23(4)21(25-19)12-16(3)13-22-24(5)18-11-15(2)7-9-20(18)26-22/h6-13H,1-5H3/q+1. The van der Waals surface area contributed by atoms with Gasteiger partial charge in [-0.1, -0.05) is 23.5 Å². The van der Waals surface area contributed by atoms with Gasteiger partial charge in [0.15, 0.2) is 5.75 Å². The number of hydrogen-bond donors (Lipinski definition) is 0. The minimum atomic E-state index is 0.860. The minimum Gasteiger partial charge on any atom is -0.439 e. The Bertz CT molecular complexity index is 1080. The third-order valence-electron chi connectivity index (χ3n) is 4.74. The second kappa shape index (κ2) is 6.29. The number of hydrogen-bond acceptors (Lipinski definition) is 3. The first-order valence-corrected chi connectivity index (χ1v) is 9.55. The highest BCUT2D eigenvalue weighted by Gasteiger charge is 2.23. The number of nitrogens with zero attached hydrogens (tertiary/aromatic N) is 2. The summed E-state index contributed by atoms with van der Waals surface area (Å²) < 4.78 is 9.59. The number of rotatable bonds is 2. The Morgan fingerprint density at radius 2 is 1.85 bits per heavy atom. The highest BCUT2D eigenvalue weighted by atomic mass is 32.1. The molecule has 4 heteroatoms. The van der Waals surface area contributed by atoms with Crippen molar-refractivity contribution in [3.05, 3.63) is 70.1 Å². The van der Waals surface area contributed by atoms with Crippen molar-refractivity contribution >= 4 is 33.3 Å². The summed E-state index contributed by atoms with van der Waals surface area (Å²) in [6, 6.07) is 12.9. The van der Waals surface area contributed by atoms with Crippen LogP contribution in [-0.2, 0) is 7.05 Å². The van der Waals surface area contributed by atoms with E-state index in [1.54, 1.807) is 0 Å². The van der Waals surface area contributed by atoms with Crippen LogP contribution >= 0.6 is 11.3 Å². The lowest BCUT2D eigenvalue weighted by Gasteiger charge is -2.11. The van der Waals surface area contributed by atoms with E-state index in [0.29, 0.717) is 0 Å². The van der Waals surface area contributed by atoms with Crippen LogP contribution in [0.3, 0.4) is 0 Å². The molecular weight excluding hydrogens is 340 g/mol. The van der Waals surface area contributed by atoms with E-state index in [9.17, 15) is 0 Å². The van der Waals surface area contributed by atoms with E-state index in [1.807, 2.05) is 24.5 Å². The second-order valence-corrected chi connectivity index (χ2v) is 8.04. The molecule has 0 unspecified atom stereocenters. The van der Waals surface area contributed by atoms with Gasteiger partial charge in [0.25, 0.3) is 5.01 Å². The predicted molar refractivity (Wildman–Crippen MR) is 110 cm³/mol. The van der Waals surface area contributed by atoms with E-state index >= 15 is 0 Å². The highest BCUT2D eigenvalue weighted by molar-refractivity contribution is 7.18. The Hall–Kier alpha value is -2.59. The van der Waals surface area contributed by atoms with Gasteiger partial charge in [0.05, 0.1) is 5.69 Å². The summed E-state index contributed by atoms with van der Waals surface area (Å²) in [5.74, 6) is 1.78. The van der Waals surface area contributed by atoms with Gasteiger partial charge < -0.3 is 9.64 Å². The van der Waals surface area contributed by atoms with Crippen LogP contribution in [0.15, 0.2) is 53.9 Å². The van der Waals surface area contributed by atoms with E-state index in [2.05, 4.69) is 79.8 Å². The number of thiazole rings is 1. The highest BCUT2D eigenvalue weighted by Crippen LogP contribution is 2.38. The molecule has 0 amide bonds. The molecule has 0 saturated heterocycles. The zero-order valence-electron chi connectivity index (χ0n) is 15.8. The van der Waals surface area contributed by atoms with Crippen LogP contribution < -0.4 is 14.2 Å². The number of benzene rings is 2. The van der Waals surface area contributed by atoms with Crippen LogP contribution in [0.2, 0.25) is 0 Å². The van der Waals surface area contributed by atoms with Crippen LogP contribution in [0.25, 0.3) is 16.3 Å². The van der Waals surface area contributed by atoms with Gasteiger partial charge in [-0.2, -0.15) is 4.57 Å². The third kappa shape index (κ3) is 2.90. The molecule has 0 spiro atoms. The predicted octanol–water partition coefficient (Wildman–Crippen LogP) is 5.12. The molecule has 0 fully saturated rings. The maximum atomic E-state index is 6.03. The maximum Gasteiger partial charge on any atom is 0.262 e. The lowest BCUT2D eigenvalue weighted by Crippen LogP contribution is -2.29. The van der Waals surface area contributed by atoms with Gasteiger partial charge in [0.2, 0.25) is 11.4 Å². The zero-order valence-corrected chi connectivity index (χ0v) is 16.6. The number of ether oxygens (including phenoxy) is 1. The quantitative estimate of drug-likeness (QED) is 0.588. The Morgan fingerprint density at radius 1 is 1.12 bits per heavy atom. The number of fused-ring (bicyclic) bond motifs is 2. The van der Waals surface area contributed by atoms with Crippen LogP contribution in [-0.4, -0.2) is 7.05 Å². The fourth-order valence-corrected chi connectivity index (χ4v) is 4.38. The van der Waals surface area contributed by atoms with E-state index in [0.717, 1.165) is 22.9 Å². The summed E-state index contributed by atoms with van der Waals surface area (Å²) in [4.78, 5) is 2.11. The van der Waals surface area contributed by atoms with Gasteiger partial charge in [-0.05, 0) is 55.7 Å². The van der Waals surface area contributed by atoms with E-state index in [4.69, 9.17) is 4.74 Å². The molecule has 0 aliphatic carbocycles. The average molecular weight is 364 g/mol. The minimum absolute atomic E-state index is 0.860. The third-order valence-corrected chi connectivity index (χ3v) is 5.91. The summed E-state index contributed by atoms with van der Waals surface area (Å²) in [6.45, 7) is 6.35. The largest absolute Gasteiger partial charge is 0.439 e. The molecule has 4 rings (SSSR count). The summed E-state index contributed by atoms with van der Waals surface area (Å²) in [7, 11) is 4.17. The van der Waals surface area contributed by atoms with Gasteiger partial charge in [-0.3, -0.25) is 0 Å².